The first kappa shape index (κ1) is 16.3. The highest BCUT2D eigenvalue weighted by atomic mass is 16.6. The minimum absolute atomic E-state index is 0.0512. The molecule has 8 nitrogen and oxygen atoms in total. The summed E-state index contributed by atoms with van der Waals surface area (Å²) in [4.78, 5) is 26.5. The lowest BCUT2D eigenvalue weighted by Gasteiger charge is -2.07. The SMILES string of the molecule is O=C(NCc1ccc(Cn2cncn2)cc1)c1ccccc1[N+](=O)[O-]. The van der Waals surface area contributed by atoms with Crippen molar-refractivity contribution < 1.29 is 9.72 Å². The molecule has 0 aliphatic carbocycles. The molecule has 0 unspecified atom stereocenters. The molecule has 0 radical (unpaired) electrons. The summed E-state index contributed by atoms with van der Waals surface area (Å²) in [5, 5.41) is 17.7. The fourth-order valence-corrected chi connectivity index (χ4v) is 2.37. The van der Waals surface area contributed by atoms with Crippen LogP contribution in [0.3, 0.4) is 0 Å². The van der Waals surface area contributed by atoms with E-state index < -0.39 is 10.8 Å². The Hall–Kier alpha value is -3.55. The number of carbonyl (C=O) groups is 1. The van der Waals surface area contributed by atoms with E-state index in [1.807, 2.05) is 24.3 Å². The molecule has 1 amide bonds. The average molecular weight is 337 g/mol. The Morgan fingerprint density at radius 1 is 1.12 bits per heavy atom. The van der Waals surface area contributed by atoms with Crippen LogP contribution in [-0.4, -0.2) is 25.6 Å². The molecule has 0 saturated heterocycles. The highest BCUT2D eigenvalue weighted by Crippen LogP contribution is 2.17. The number of nitro groups is 1. The normalized spacial score (nSPS) is 10.4. The maximum Gasteiger partial charge on any atom is 0.282 e. The molecule has 8 heteroatoms. The number of rotatable bonds is 6. The molecular formula is C17H15N5O3. The van der Waals surface area contributed by atoms with Crippen molar-refractivity contribution in [1.82, 2.24) is 20.1 Å². The van der Waals surface area contributed by atoms with Crippen LogP contribution in [0.15, 0.2) is 61.2 Å². The number of para-hydroxylation sites is 1. The monoisotopic (exact) mass is 337 g/mol. The van der Waals surface area contributed by atoms with Crippen LogP contribution in [-0.2, 0) is 13.1 Å². The van der Waals surface area contributed by atoms with Gasteiger partial charge in [0.2, 0.25) is 0 Å². The lowest BCUT2D eigenvalue weighted by Crippen LogP contribution is -2.23. The van der Waals surface area contributed by atoms with E-state index in [0.717, 1.165) is 11.1 Å². The Balaban J connectivity index is 1.62. The first-order chi connectivity index (χ1) is 12.1. The van der Waals surface area contributed by atoms with Crippen LogP contribution in [0.5, 0.6) is 0 Å². The minimum Gasteiger partial charge on any atom is -0.348 e. The van der Waals surface area contributed by atoms with Crippen LogP contribution in [0, 0.1) is 10.1 Å². The van der Waals surface area contributed by atoms with Crippen molar-refractivity contribution in [3.05, 3.63) is 88.0 Å². The second kappa shape index (κ2) is 7.35. The lowest BCUT2D eigenvalue weighted by molar-refractivity contribution is -0.385. The average Bonchev–Trinajstić information content (AvgIpc) is 3.14. The van der Waals surface area contributed by atoms with Gasteiger partial charge in [0.15, 0.2) is 0 Å². The van der Waals surface area contributed by atoms with Gasteiger partial charge >= 0.3 is 0 Å². The van der Waals surface area contributed by atoms with Crippen LogP contribution in [0.4, 0.5) is 5.69 Å². The van der Waals surface area contributed by atoms with E-state index in [9.17, 15) is 14.9 Å². The molecule has 0 spiro atoms. The predicted octanol–water partition coefficient (Wildman–Crippen LogP) is 2.16. The van der Waals surface area contributed by atoms with Gasteiger partial charge in [0.1, 0.15) is 18.2 Å². The summed E-state index contributed by atoms with van der Waals surface area (Å²) in [6.07, 6.45) is 3.12. The molecule has 0 fully saturated rings. The zero-order valence-electron chi connectivity index (χ0n) is 13.2. The number of amides is 1. The highest BCUT2D eigenvalue weighted by Gasteiger charge is 2.18. The Morgan fingerprint density at radius 2 is 1.84 bits per heavy atom. The maximum atomic E-state index is 12.2. The Labute approximate surface area is 143 Å². The van der Waals surface area contributed by atoms with Gasteiger partial charge in [-0.05, 0) is 17.2 Å². The molecule has 126 valence electrons. The van der Waals surface area contributed by atoms with E-state index in [0.29, 0.717) is 6.54 Å². The number of nitrogens with zero attached hydrogens (tertiary/aromatic N) is 4. The molecular weight excluding hydrogens is 322 g/mol. The van der Waals surface area contributed by atoms with Crippen molar-refractivity contribution in [2.24, 2.45) is 0 Å². The van der Waals surface area contributed by atoms with Crippen molar-refractivity contribution >= 4 is 11.6 Å². The van der Waals surface area contributed by atoms with E-state index in [1.54, 1.807) is 17.1 Å². The van der Waals surface area contributed by atoms with Crippen molar-refractivity contribution in [1.29, 1.82) is 0 Å². The molecule has 3 aromatic rings. The van der Waals surface area contributed by atoms with E-state index in [2.05, 4.69) is 15.4 Å². The van der Waals surface area contributed by atoms with E-state index in [4.69, 9.17) is 0 Å². The van der Waals surface area contributed by atoms with Crippen LogP contribution in [0.1, 0.15) is 21.5 Å². The topological polar surface area (TPSA) is 103 Å². The third-order valence-corrected chi connectivity index (χ3v) is 3.63. The van der Waals surface area contributed by atoms with Crippen LogP contribution in [0.2, 0.25) is 0 Å². The van der Waals surface area contributed by atoms with E-state index in [1.165, 1.54) is 24.5 Å². The van der Waals surface area contributed by atoms with E-state index >= 15 is 0 Å². The summed E-state index contributed by atoms with van der Waals surface area (Å²) in [6, 6.07) is 13.5. The molecule has 0 bridgehead atoms. The minimum atomic E-state index is -0.562. The van der Waals surface area contributed by atoms with Gasteiger partial charge < -0.3 is 5.32 Å². The Kier molecular flexibility index (Phi) is 4.79. The van der Waals surface area contributed by atoms with Gasteiger partial charge in [0.05, 0.1) is 11.5 Å². The van der Waals surface area contributed by atoms with Crippen LogP contribution >= 0.6 is 0 Å². The summed E-state index contributed by atoms with van der Waals surface area (Å²) in [7, 11) is 0. The second-order valence-electron chi connectivity index (χ2n) is 5.37. The van der Waals surface area contributed by atoms with Crippen molar-refractivity contribution in [2.45, 2.75) is 13.1 Å². The number of benzene rings is 2. The van der Waals surface area contributed by atoms with Gasteiger partial charge in [-0.25, -0.2) is 9.67 Å². The third-order valence-electron chi connectivity index (χ3n) is 3.63. The Bertz CT molecular complexity index is 876. The lowest BCUT2D eigenvalue weighted by atomic mass is 10.1. The first-order valence-electron chi connectivity index (χ1n) is 7.55. The molecule has 3 rings (SSSR count). The fourth-order valence-electron chi connectivity index (χ4n) is 2.37. The molecule has 0 aliphatic heterocycles. The predicted molar refractivity (Wildman–Crippen MR) is 89.8 cm³/mol. The van der Waals surface area contributed by atoms with Gasteiger partial charge in [-0.3, -0.25) is 14.9 Å². The summed E-state index contributed by atoms with van der Waals surface area (Å²) in [5.74, 6) is -0.473. The largest absolute Gasteiger partial charge is 0.348 e. The number of hydrogen-bond acceptors (Lipinski definition) is 5. The van der Waals surface area contributed by atoms with Gasteiger partial charge in [-0.1, -0.05) is 36.4 Å². The molecule has 1 N–H and O–H groups in total. The van der Waals surface area contributed by atoms with Gasteiger partial charge in [-0.2, -0.15) is 5.10 Å². The highest BCUT2D eigenvalue weighted by molar-refractivity contribution is 5.98. The van der Waals surface area contributed by atoms with Crippen LogP contribution < -0.4 is 5.32 Å². The smallest absolute Gasteiger partial charge is 0.282 e. The molecule has 1 heterocycles. The summed E-state index contributed by atoms with van der Waals surface area (Å²) >= 11 is 0. The fraction of sp³-hybridized carbons (Fsp3) is 0.118. The molecule has 1 aromatic heterocycles. The molecule has 0 atom stereocenters. The number of carbonyl (C=O) groups excluding carboxylic acids is 1. The van der Waals surface area contributed by atoms with Gasteiger partial charge in [0, 0.05) is 12.6 Å². The molecule has 2 aromatic carbocycles. The molecule has 25 heavy (non-hydrogen) atoms. The zero-order chi connectivity index (χ0) is 17.6. The summed E-state index contributed by atoms with van der Waals surface area (Å²) in [6.45, 7) is 0.900. The summed E-state index contributed by atoms with van der Waals surface area (Å²) in [5.41, 5.74) is 1.80. The molecule has 0 saturated carbocycles. The number of hydrogen-bond donors (Lipinski definition) is 1. The standard InChI is InChI=1S/C17H15N5O3/c23-17(15-3-1-2-4-16(15)22(24)25)19-9-13-5-7-14(8-6-13)10-21-12-18-11-20-21/h1-8,11-12H,9-10H2,(H,19,23). The number of aromatic nitrogens is 3. The van der Waals surface area contributed by atoms with Crippen molar-refractivity contribution in [3.8, 4) is 0 Å². The number of nitro benzene ring substituents is 1. The quantitative estimate of drug-likeness (QED) is 0.548. The van der Waals surface area contributed by atoms with Crippen LogP contribution in [0.25, 0.3) is 0 Å². The van der Waals surface area contributed by atoms with E-state index in [-0.39, 0.29) is 17.8 Å². The Morgan fingerprint density at radius 3 is 2.52 bits per heavy atom. The van der Waals surface area contributed by atoms with Crippen molar-refractivity contribution in [2.75, 3.05) is 0 Å². The summed E-state index contributed by atoms with van der Waals surface area (Å²) < 4.78 is 1.71. The third kappa shape index (κ3) is 4.05. The molecule has 0 aliphatic rings. The number of nitrogens with one attached hydrogen (secondary N) is 1. The van der Waals surface area contributed by atoms with Gasteiger partial charge in [0.25, 0.3) is 11.6 Å². The maximum absolute atomic E-state index is 12.2. The van der Waals surface area contributed by atoms with Gasteiger partial charge in [-0.15, -0.1) is 0 Å². The van der Waals surface area contributed by atoms with Crippen molar-refractivity contribution in [3.63, 3.8) is 0 Å². The first-order valence-corrected chi connectivity index (χ1v) is 7.55. The second-order valence-corrected chi connectivity index (χ2v) is 5.37. The zero-order valence-corrected chi connectivity index (χ0v) is 13.2.